The second kappa shape index (κ2) is 7.66. The van der Waals surface area contributed by atoms with E-state index in [-0.39, 0.29) is 0 Å². The minimum Gasteiger partial charge on any atom is -0.495 e. The van der Waals surface area contributed by atoms with Gasteiger partial charge in [0.15, 0.2) is 0 Å². The van der Waals surface area contributed by atoms with Gasteiger partial charge in [0, 0.05) is 6.54 Å². The fourth-order valence-corrected chi connectivity index (χ4v) is 1.43. The van der Waals surface area contributed by atoms with Crippen LogP contribution in [0.3, 0.4) is 0 Å². The van der Waals surface area contributed by atoms with Crippen molar-refractivity contribution in [2.75, 3.05) is 26.8 Å². The van der Waals surface area contributed by atoms with Crippen LogP contribution >= 0.6 is 0 Å². The third kappa shape index (κ3) is 4.43. The lowest BCUT2D eigenvalue weighted by atomic mass is 10.1. The molecule has 92 valence electrons. The number of hydrogen-bond donors (Lipinski definition) is 1. The first-order chi connectivity index (χ1) is 8.31. The largest absolute Gasteiger partial charge is 0.495 e. The van der Waals surface area contributed by atoms with Gasteiger partial charge in [0.25, 0.3) is 0 Å². The second-order valence-corrected chi connectivity index (χ2v) is 3.55. The maximum absolute atomic E-state index is 8.84. The summed E-state index contributed by atoms with van der Waals surface area (Å²) < 4.78 is 10.6. The molecule has 0 unspecified atom stereocenters. The van der Waals surface area contributed by atoms with Crippen LogP contribution in [0.4, 0.5) is 0 Å². The summed E-state index contributed by atoms with van der Waals surface area (Å²) in [6.07, 6.45) is 0. The van der Waals surface area contributed by atoms with Gasteiger partial charge in [0.05, 0.1) is 25.9 Å². The van der Waals surface area contributed by atoms with E-state index < -0.39 is 0 Å². The molecule has 0 aliphatic heterocycles. The molecule has 1 aromatic carbocycles. The number of nitrogens with zero attached hydrogens (tertiary/aromatic N) is 1. The van der Waals surface area contributed by atoms with E-state index in [9.17, 15) is 0 Å². The fraction of sp³-hybridized carbons (Fsp3) is 0.462. The summed E-state index contributed by atoms with van der Waals surface area (Å²) in [5.41, 5.74) is 1.56. The normalized spacial score (nSPS) is 9.94. The molecule has 4 nitrogen and oxygen atoms in total. The van der Waals surface area contributed by atoms with Crippen molar-refractivity contribution in [1.82, 2.24) is 5.32 Å². The van der Waals surface area contributed by atoms with Gasteiger partial charge in [-0.1, -0.05) is 13.0 Å². The third-order valence-corrected chi connectivity index (χ3v) is 2.33. The van der Waals surface area contributed by atoms with Crippen molar-refractivity contribution in [2.45, 2.75) is 13.5 Å². The van der Waals surface area contributed by atoms with E-state index in [1.165, 1.54) is 0 Å². The van der Waals surface area contributed by atoms with Crippen molar-refractivity contribution in [3.63, 3.8) is 0 Å². The average Bonchev–Trinajstić information content (AvgIpc) is 2.38. The van der Waals surface area contributed by atoms with E-state index in [1.54, 1.807) is 13.2 Å². The average molecular weight is 234 g/mol. The van der Waals surface area contributed by atoms with Crippen LogP contribution in [0.1, 0.15) is 18.1 Å². The molecule has 0 radical (unpaired) electrons. The molecule has 0 aliphatic carbocycles. The van der Waals surface area contributed by atoms with Crippen molar-refractivity contribution in [3.8, 4) is 11.8 Å². The molecular weight excluding hydrogens is 216 g/mol. The van der Waals surface area contributed by atoms with Crippen LogP contribution in [0.15, 0.2) is 18.2 Å². The second-order valence-electron chi connectivity index (χ2n) is 3.55. The Labute approximate surface area is 102 Å². The Bertz CT molecular complexity index is 385. The summed E-state index contributed by atoms with van der Waals surface area (Å²) in [5, 5.41) is 12.0. The van der Waals surface area contributed by atoms with Crippen LogP contribution in [-0.2, 0) is 11.3 Å². The van der Waals surface area contributed by atoms with Crippen LogP contribution in [0.2, 0.25) is 0 Å². The minimum atomic E-state index is 0.535. The topological polar surface area (TPSA) is 54.3 Å². The first-order valence-corrected chi connectivity index (χ1v) is 5.67. The number of rotatable bonds is 7. The molecule has 0 heterocycles. The summed E-state index contributed by atoms with van der Waals surface area (Å²) in [6, 6.07) is 7.56. The van der Waals surface area contributed by atoms with Crippen molar-refractivity contribution in [3.05, 3.63) is 29.3 Å². The van der Waals surface area contributed by atoms with E-state index in [0.29, 0.717) is 24.5 Å². The van der Waals surface area contributed by atoms with E-state index in [4.69, 9.17) is 14.7 Å². The number of nitrogens with one attached hydrogen (secondary N) is 1. The monoisotopic (exact) mass is 234 g/mol. The Morgan fingerprint density at radius 2 is 2.24 bits per heavy atom. The molecule has 0 spiro atoms. The van der Waals surface area contributed by atoms with Gasteiger partial charge >= 0.3 is 0 Å². The SMILES string of the molecule is CCNCCOCc1ccc(C#N)c(OC)c1. The van der Waals surface area contributed by atoms with Gasteiger partial charge in [-0.3, -0.25) is 0 Å². The van der Waals surface area contributed by atoms with Crippen molar-refractivity contribution in [2.24, 2.45) is 0 Å². The van der Waals surface area contributed by atoms with Crippen LogP contribution < -0.4 is 10.1 Å². The highest BCUT2D eigenvalue weighted by Gasteiger charge is 2.03. The maximum atomic E-state index is 8.84. The van der Waals surface area contributed by atoms with Gasteiger partial charge in [0.1, 0.15) is 11.8 Å². The summed E-state index contributed by atoms with van der Waals surface area (Å²) in [6.45, 7) is 5.08. The van der Waals surface area contributed by atoms with E-state index >= 15 is 0 Å². The molecule has 0 amide bonds. The van der Waals surface area contributed by atoms with Gasteiger partial charge in [0.2, 0.25) is 0 Å². The molecule has 1 aromatic rings. The van der Waals surface area contributed by atoms with E-state index in [2.05, 4.69) is 18.3 Å². The highest BCUT2D eigenvalue weighted by Crippen LogP contribution is 2.19. The summed E-state index contributed by atoms with van der Waals surface area (Å²) in [7, 11) is 1.56. The molecule has 0 atom stereocenters. The van der Waals surface area contributed by atoms with Gasteiger partial charge < -0.3 is 14.8 Å². The van der Waals surface area contributed by atoms with Gasteiger partial charge in [-0.2, -0.15) is 5.26 Å². The van der Waals surface area contributed by atoms with Gasteiger partial charge in [-0.25, -0.2) is 0 Å². The number of benzene rings is 1. The number of methoxy groups -OCH3 is 1. The highest BCUT2D eigenvalue weighted by atomic mass is 16.5. The smallest absolute Gasteiger partial charge is 0.136 e. The molecule has 1 N–H and O–H groups in total. The van der Waals surface area contributed by atoms with Gasteiger partial charge in [-0.15, -0.1) is 0 Å². The minimum absolute atomic E-state index is 0.535. The lowest BCUT2D eigenvalue weighted by molar-refractivity contribution is 0.123. The third-order valence-electron chi connectivity index (χ3n) is 2.33. The Morgan fingerprint density at radius 1 is 1.41 bits per heavy atom. The Hall–Kier alpha value is -1.57. The zero-order valence-corrected chi connectivity index (χ0v) is 10.3. The quantitative estimate of drug-likeness (QED) is 0.729. The molecule has 0 saturated carbocycles. The lowest BCUT2D eigenvalue weighted by Crippen LogP contribution is -2.18. The molecule has 0 aliphatic rings. The first-order valence-electron chi connectivity index (χ1n) is 5.67. The Balaban J connectivity index is 2.47. The Morgan fingerprint density at radius 3 is 2.88 bits per heavy atom. The van der Waals surface area contributed by atoms with Crippen LogP contribution in [0, 0.1) is 11.3 Å². The summed E-state index contributed by atoms with van der Waals surface area (Å²) in [4.78, 5) is 0. The highest BCUT2D eigenvalue weighted by molar-refractivity contribution is 5.45. The number of likely N-dealkylation sites (N-methyl/N-ethyl adjacent to an activating group) is 1. The van der Waals surface area contributed by atoms with Crippen LogP contribution in [0.5, 0.6) is 5.75 Å². The molecular formula is C13H18N2O2. The van der Waals surface area contributed by atoms with E-state index in [0.717, 1.165) is 18.7 Å². The van der Waals surface area contributed by atoms with Crippen molar-refractivity contribution < 1.29 is 9.47 Å². The standard InChI is InChI=1S/C13H18N2O2/c1-3-15-6-7-17-10-11-4-5-12(9-14)13(8-11)16-2/h4-5,8,15H,3,6-7,10H2,1-2H3. The molecule has 0 bridgehead atoms. The van der Waals surface area contributed by atoms with Crippen molar-refractivity contribution in [1.29, 1.82) is 5.26 Å². The predicted molar refractivity (Wildman–Crippen MR) is 65.9 cm³/mol. The summed E-state index contributed by atoms with van der Waals surface area (Å²) in [5.74, 6) is 0.597. The molecule has 4 heteroatoms. The molecule has 1 rings (SSSR count). The Kier molecular flexibility index (Phi) is 6.08. The number of nitriles is 1. The number of ether oxygens (including phenoxy) is 2. The maximum Gasteiger partial charge on any atom is 0.136 e. The van der Waals surface area contributed by atoms with E-state index in [1.807, 2.05) is 12.1 Å². The van der Waals surface area contributed by atoms with Crippen LogP contribution in [-0.4, -0.2) is 26.8 Å². The molecule has 0 saturated heterocycles. The molecule has 0 fully saturated rings. The zero-order valence-electron chi connectivity index (χ0n) is 10.3. The summed E-state index contributed by atoms with van der Waals surface area (Å²) >= 11 is 0. The fourth-order valence-electron chi connectivity index (χ4n) is 1.43. The molecule has 17 heavy (non-hydrogen) atoms. The predicted octanol–water partition coefficient (Wildman–Crippen LogP) is 1.69. The van der Waals surface area contributed by atoms with Crippen LogP contribution in [0.25, 0.3) is 0 Å². The lowest BCUT2D eigenvalue weighted by Gasteiger charge is -2.07. The first kappa shape index (κ1) is 13.5. The van der Waals surface area contributed by atoms with Gasteiger partial charge in [-0.05, 0) is 24.2 Å². The number of hydrogen-bond acceptors (Lipinski definition) is 4. The molecule has 0 aromatic heterocycles. The van der Waals surface area contributed by atoms with Crippen molar-refractivity contribution >= 4 is 0 Å². The zero-order chi connectivity index (χ0) is 12.5.